The molecule has 1 aromatic carbocycles. The van der Waals surface area contributed by atoms with Gasteiger partial charge in [0.1, 0.15) is 12.4 Å². The number of rotatable bonds is 5. The maximum atomic E-state index is 11.6. The Bertz CT molecular complexity index is 531. The van der Waals surface area contributed by atoms with Gasteiger partial charge in [-0.25, -0.2) is 5.84 Å². The van der Waals surface area contributed by atoms with Crippen LogP contribution in [0.3, 0.4) is 0 Å². The Labute approximate surface area is 125 Å². The van der Waals surface area contributed by atoms with Crippen molar-refractivity contribution < 1.29 is 19.1 Å². The molecule has 0 unspecified atom stereocenters. The number of nitrogens with one attached hydrogen (secondary N) is 1. The number of imide groups is 1. The SMILES string of the molecule is NNC(=O)c1ccc(OCCN2C(=O)CCSC2=O)cc1. The predicted molar refractivity (Wildman–Crippen MR) is 77.8 cm³/mol. The molecule has 8 heteroatoms. The van der Waals surface area contributed by atoms with Crippen molar-refractivity contribution in [1.82, 2.24) is 10.3 Å². The van der Waals surface area contributed by atoms with E-state index in [9.17, 15) is 14.4 Å². The van der Waals surface area contributed by atoms with Crippen LogP contribution in [0, 0.1) is 0 Å². The Balaban J connectivity index is 1.84. The van der Waals surface area contributed by atoms with Gasteiger partial charge in [-0.2, -0.15) is 0 Å². The Morgan fingerprint density at radius 1 is 1.33 bits per heavy atom. The van der Waals surface area contributed by atoms with E-state index in [0.717, 1.165) is 11.8 Å². The van der Waals surface area contributed by atoms with Crippen molar-refractivity contribution in [2.75, 3.05) is 18.9 Å². The van der Waals surface area contributed by atoms with E-state index in [1.165, 1.54) is 4.90 Å². The van der Waals surface area contributed by atoms with Crippen molar-refractivity contribution in [3.63, 3.8) is 0 Å². The van der Waals surface area contributed by atoms with E-state index >= 15 is 0 Å². The van der Waals surface area contributed by atoms with Crippen LogP contribution in [0.5, 0.6) is 5.75 Å². The number of hydrogen-bond acceptors (Lipinski definition) is 6. The molecule has 1 aliphatic heterocycles. The number of nitrogens with two attached hydrogens (primary N) is 1. The third kappa shape index (κ3) is 3.96. The van der Waals surface area contributed by atoms with Crippen LogP contribution < -0.4 is 16.0 Å². The number of hydrogen-bond donors (Lipinski definition) is 2. The van der Waals surface area contributed by atoms with Gasteiger partial charge < -0.3 is 4.74 Å². The molecule has 1 aromatic rings. The molecular formula is C13H15N3O4S. The summed E-state index contributed by atoms with van der Waals surface area (Å²) in [6, 6.07) is 6.40. The lowest BCUT2D eigenvalue weighted by molar-refractivity contribution is -0.127. The molecule has 3 amide bonds. The number of nitrogens with zero attached hydrogens (tertiary/aromatic N) is 1. The van der Waals surface area contributed by atoms with Crippen LogP contribution in [-0.4, -0.2) is 40.9 Å². The minimum absolute atomic E-state index is 0.169. The van der Waals surface area contributed by atoms with E-state index in [4.69, 9.17) is 10.6 Å². The first-order valence-corrected chi connectivity index (χ1v) is 7.31. The molecule has 0 aromatic heterocycles. The molecule has 21 heavy (non-hydrogen) atoms. The fourth-order valence-electron chi connectivity index (χ4n) is 1.80. The standard InChI is InChI=1S/C13H15N3O4S/c14-15-12(18)9-1-3-10(4-2-9)20-7-6-16-11(17)5-8-21-13(16)19/h1-4H,5-8,14H2,(H,15,18). The Hall–Kier alpha value is -2.06. The molecule has 0 spiro atoms. The average molecular weight is 309 g/mol. The van der Waals surface area contributed by atoms with Gasteiger partial charge in [-0.15, -0.1) is 0 Å². The molecule has 0 bridgehead atoms. The second kappa shape index (κ2) is 7.09. The van der Waals surface area contributed by atoms with Crippen molar-refractivity contribution in [3.8, 4) is 5.75 Å². The smallest absolute Gasteiger partial charge is 0.288 e. The number of amides is 3. The lowest BCUT2D eigenvalue weighted by atomic mass is 10.2. The van der Waals surface area contributed by atoms with Crippen LogP contribution in [0.15, 0.2) is 24.3 Å². The lowest BCUT2D eigenvalue weighted by Gasteiger charge is -2.23. The summed E-state index contributed by atoms with van der Waals surface area (Å²) >= 11 is 1.14. The van der Waals surface area contributed by atoms with Gasteiger partial charge in [-0.1, -0.05) is 11.8 Å². The summed E-state index contributed by atoms with van der Waals surface area (Å²) in [4.78, 5) is 35.6. The molecule has 0 atom stereocenters. The molecule has 1 aliphatic rings. The Morgan fingerprint density at radius 3 is 2.67 bits per heavy atom. The van der Waals surface area contributed by atoms with Crippen molar-refractivity contribution in [2.24, 2.45) is 5.84 Å². The number of thioether (sulfide) groups is 1. The highest BCUT2D eigenvalue weighted by Gasteiger charge is 2.26. The van der Waals surface area contributed by atoms with Crippen LogP contribution in [0.25, 0.3) is 0 Å². The number of carbonyl (C=O) groups is 3. The zero-order valence-corrected chi connectivity index (χ0v) is 12.0. The number of carbonyl (C=O) groups excluding carboxylic acids is 3. The fraction of sp³-hybridized carbons (Fsp3) is 0.308. The summed E-state index contributed by atoms with van der Waals surface area (Å²) in [7, 11) is 0. The summed E-state index contributed by atoms with van der Waals surface area (Å²) < 4.78 is 5.46. The number of benzene rings is 1. The highest BCUT2D eigenvalue weighted by atomic mass is 32.2. The zero-order valence-electron chi connectivity index (χ0n) is 11.2. The maximum absolute atomic E-state index is 11.6. The molecule has 1 heterocycles. The molecule has 1 saturated heterocycles. The molecule has 1 fully saturated rings. The minimum Gasteiger partial charge on any atom is -0.492 e. The van der Waals surface area contributed by atoms with Crippen LogP contribution in [-0.2, 0) is 4.79 Å². The van der Waals surface area contributed by atoms with E-state index in [2.05, 4.69) is 0 Å². The predicted octanol–water partition coefficient (Wildman–Crippen LogP) is 0.754. The molecule has 3 N–H and O–H groups in total. The van der Waals surface area contributed by atoms with Crippen molar-refractivity contribution in [1.29, 1.82) is 0 Å². The van der Waals surface area contributed by atoms with Gasteiger partial charge in [-0.3, -0.25) is 24.7 Å². The van der Waals surface area contributed by atoms with Gasteiger partial charge in [0.15, 0.2) is 0 Å². The normalized spacial score (nSPS) is 15.0. The van der Waals surface area contributed by atoms with Gasteiger partial charge in [0.05, 0.1) is 6.54 Å². The van der Waals surface area contributed by atoms with E-state index in [1.807, 2.05) is 5.43 Å². The van der Waals surface area contributed by atoms with Crippen molar-refractivity contribution in [3.05, 3.63) is 29.8 Å². The lowest BCUT2D eigenvalue weighted by Crippen LogP contribution is -2.40. The molecule has 0 aliphatic carbocycles. The molecule has 0 radical (unpaired) electrons. The zero-order chi connectivity index (χ0) is 15.2. The number of hydrazine groups is 1. The van der Waals surface area contributed by atoms with Crippen LogP contribution in [0.4, 0.5) is 4.79 Å². The summed E-state index contributed by atoms with van der Waals surface area (Å²) in [5.41, 5.74) is 2.45. The quantitative estimate of drug-likeness (QED) is 0.473. The van der Waals surface area contributed by atoms with Gasteiger partial charge >= 0.3 is 0 Å². The van der Waals surface area contributed by atoms with E-state index in [0.29, 0.717) is 23.5 Å². The molecule has 0 saturated carbocycles. The van der Waals surface area contributed by atoms with Gasteiger partial charge in [0.2, 0.25) is 5.91 Å². The third-order valence-corrected chi connectivity index (χ3v) is 3.77. The first-order valence-electron chi connectivity index (χ1n) is 6.33. The fourth-order valence-corrected chi connectivity index (χ4v) is 2.60. The van der Waals surface area contributed by atoms with Crippen LogP contribution >= 0.6 is 11.8 Å². The Morgan fingerprint density at radius 2 is 2.05 bits per heavy atom. The summed E-state index contributed by atoms with van der Waals surface area (Å²) in [5.74, 6) is 5.56. The summed E-state index contributed by atoms with van der Waals surface area (Å²) in [6.07, 6.45) is 0.374. The summed E-state index contributed by atoms with van der Waals surface area (Å²) in [5, 5.41) is -0.232. The van der Waals surface area contributed by atoms with E-state index < -0.39 is 0 Å². The largest absolute Gasteiger partial charge is 0.492 e. The number of ether oxygens (including phenoxy) is 1. The minimum atomic E-state index is -0.386. The second-order valence-electron chi connectivity index (χ2n) is 4.26. The van der Waals surface area contributed by atoms with Gasteiger partial charge in [0.25, 0.3) is 11.1 Å². The average Bonchev–Trinajstić information content (AvgIpc) is 2.50. The van der Waals surface area contributed by atoms with E-state index in [-0.39, 0.29) is 30.2 Å². The first kappa shape index (κ1) is 15.3. The monoisotopic (exact) mass is 309 g/mol. The van der Waals surface area contributed by atoms with E-state index in [1.54, 1.807) is 24.3 Å². The van der Waals surface area contributed by atoms with Crippen molar-refractivity contribution in [2.45, 2.75) is 6.42 Å². The number of nitrogen functional groups attached to an aromatic ring is 1. The van der Waals surface area contributed by atoms with Crippen LogP contribution in [0.2, 0.25) is 0 Å². The van der Waals surface area contributed by atoms with Crippen LogP contribution in [0.1, 0.15) is 16.8 Å². The topological polar surface area (TPSA) is 102 Å². The van der Waals surface area contributed by atoms with Crippen molar-refractivity contribution >= 4 is 28.8 Å². The van der Waals surface area contributed by atoms with Gasteiger partial charge in [-0.05, 0) is 24.3 Å². The van der Waals surface area contributed by atoms with Gasteiger partial charge in [0, 0.05) is 17.7 Å². The maximum Gasteiger partial charge on any atom is 0.288 e. The first-order chi connectivity index (χ1) is 10.1. The molecule has 7 nitrogen and oxygen atoms in total. The molecule has 2 rings (SSSR count). The highest BCUT2D eigenvalue weighted by Crippen LogP contribution is 2.18. The second-order valence-corrected chi connectivity index (χ2v) is 5.30. The summed E-state index contributed by atoms with van der Waals surface area (Å²) in [6.45, 7) is 0.427. The highest BCUT2D eigenvalue weighted by molar-refractivity contribution is 8.13. The third-order valence-electron chi connectivity index (χ3n) is 2.89. The molecular weight excluding hydrogens is 294 g/mol. The molecule has 112 valence electrons. The Kier molecular flexibility index (Phi) is 5.18.